The monoisotopic (exact) mass is 502 g/mol. The van der Waals surface area contributed by atoms with Crippen molar-refractivity contribution in [3.63, 3.8) is 0 Å². The molecule has 0 aliphatic heterocycles. The molecule has 174 valence electrons. The van der Waals surface area contributed by atoms with Crippen molar-refractivity contribution < 1.29 is 14.3 Å². The van der Waals surface area contributed by atoms with Crippen molar-refractivity contribution >= 4 is 27.7 Å². The van der Waals surface area contributed by atoms with Gasteiger partial charge < -0.3 is 15.0 Å². The molecular formula is C26H35BrN2O3. The van der Waals surface area contributed by atoms with E-state index in [2.05, 4.69) is 35.1 Å². The van der Waals surface area contributed by atoms with Crippen LogP contribution in [0.1, 0.15) is 64.5 Å². The lowest BCUT2D eigenvalue weighted by Gasteiger charge is -2.31. The van der Waals surface area contributed by atoms with E-state index in [1.807, 2.05) is 69.3 Å². The first-order valence-corrected chi connectivity index (χ1v) is 12.1. The summed E-state index contributed by atoms with van der Waals surface area (Å²) < 4.78 is 6.67. The number of benzene rings is 2. The molecule has 0 heterocycles. The van der Waals surface area contributed by atoms with Crippen LogP contribution >= 0.6 is 15.9 Å². The largest absolute Gasteiger partial charge is 0.483 e. The third kappa shape index (κ3) is 7.37. The van der Waals surface area contributed by atoms with E-state index in [4.69, 9.17) is 4.74 Å². The average molecular weight is 503 g/mol. The maximum absolute atomic E-state index is 13.3. The van der Waals surface area contributed by atoms with Crippen molar-refractivity contribution in [2.45, 2.75) is 72.0 Å². The number of rotatable bonds is 11. The molecule has 0 saturated carbocycles. The molecule has 2 aromatic rings. The van der Waals surface area contributed by atoms with Crippen LogP contribution in [0.15, 0.2) is 53.0 Å². The summed E-state index contributed by atoms with van der Waals surface area (Å²) in [7, 11) is 0. The predicted molar refractivity (Wildman–Crippen MR) is 133 cm³/mol. The van der Waals surface area contributed by atoms with Gasteiger partial charge in [0.2, 0.25) is 5.91 Å². The number of halogens is 1. The summed E-state index contributed by atoms with van der Waals surface area (Å²) in [6, 6.07) is 15.1. The lowest BCUT2D eigenvalue weighted by Crippen LogP contribution is -2.51. The Bertz CT molecular complexity index is 886. The van der Waals surface area contributed by atoms with Gasteiger partial charge in [-0.15, -0.1) is 0 Å². The van der Waals surface area contributed by atoms with E-state index >= 15 is 0 Å². The molecule has 0 radical (unpaired) electrons. The maximum Gasteiger partial charge on any atom is 0.261 e. The molecule has 32 heavy (non-hydrogen) atoms. The number of hydrogen-bond acceptors (Lipinski definition) is 3. The third-order valence-corrected chi connectivity index (χ3v) is 6.18. The van der Waals surface area contributed by atoms with Gasteiger partial charge >= 0.3 is 0 Å². The van der Waals surface area contributed by atoms with Gasteiger partial charge in [0.25, 0.3) is 5.91 Å². The van der Waals surface area contributed by atoms with Gasteiger partial charge in [0.1, 0.15) is 11.8 Å². The Morgan fingerprint density at radius 3 is 2.28 bits per heavy atom. The van der Waals surface area contributed by atoms with Crippen molar-refractivity contribution in [2.24, 2.45) is 0 Å². The van der Waals surface area contributed by atoms with E-state index in [0.29, 0.717) is 24.6 Å². The second-order valence-corrected chi connectivity index (χ2v) is 9.24. The molecular weight excluding hydrogens is 468 g/mol. The van der Waals surface area contributed by atoms with Crippen LogP contribution in [-0.2, 0) is 16.1 Å². The summed E-state index contributed by atoms with van der Waals surface area (Å²) in [5.74, 6) is 0.658. The van der Waals surface area contributed by atoms with E-state index < -0.39 is 6.04 Å². The predicted octanol–water partition coefficient (Wildman–Crippen LogP) is 5.67. The molecule has 0 unspecified atom stereocenters. The average Bonchev–Trinajstić information content (AvgIpc) is 2.78. The van der Waals surface area contributed by atoms with Crippen LogP contribution in [-0.4, -0.2) is 35.4 Å². The summed E-state index contributed by atoms with van der Waals surface area (Å²) in [5, 5.41) is 3.02. The van der Waals surface area contributed by atoms with Crippen LogP contribution in [0.25, 0.3) is 0 Å². The maximum atomic E-state index is 13.3. The zero-order valence-corrected chi connectivity index (χ0v) is 21.3. The molecule has 2 amide bonds. The van der Waals surface area contributed by atoms with Crippen LogP contribution in [0, 0.1) is 0 Å². The first kappa shape index (κ1) is 25.9. The molecule has 0 aliphatic carbocycles. The van der Waals surface area contributed by atoms with E-state index in [1.54, 1.807) is 4.90 Å². The first-order chi connectivity index (χ1) is 15.3. The van der Waals surface area contributed by atoms with Gasteiger partial charge in [-0.1, -0.05) is 64.1 Å². The fraction of sp³-hybridized carbons (Fsp3) is 0.462. The Kier molecular flexibility index (Phi) is 10.2. The van der Waals surface area contributed by atoms with Gasteiger partial charge in [-0.05, 0) is 64.9 Å². The van der Waals surface area contributed by atoms with Gasteiger partial charge in [0, 0.05) is 12.6 Å². The Morgan fingerprint density at radius 1 is 1.03 bits per heavy atom. The van der Waals surface area contributed by atoms with E-state index in [9.17, 15) is 9.59 Å². The van der Waals surface area contributed by atoms with E-state index in [0.717, 1.165) is 16.5 Å². The third-order valence-electron chi connectivity index (χ3n) is 5.56. The summed E-state index contributed by atoms with van der Waals surface area (Å²) in [4.78, 5) is 27.9. The molecule has 0 fully saturated rings. The first-order valence-electron chi connectivity index (χ1n) is 11.3. The molecule has 0 spiro atoms. The normalized spacial score (nSPS) is 12.8. The van der Waals surface area contributed by atoms with Crippen molar-refractivity contribution in [1.29, 1.82) is 0 Å². The van der Waals surface area contributed by atoms with Gasteiger partial charge in [-0.25, -0.2) is 0 Å². The zero-order valence-electron chi connectivity index (χ0n) is 19.7. The smallest absolute Gasteiger partial charge is 0.261 e. The quantitative estimate of drug-likeness (QED) is 0.430. The molecule has 0 aromatic heterocycles. The fourth-order valence-electron chi connectivity index (χ4n) is 3.36. The molecule has 0 saturated heterocycles. The Morgan fingerprint density at radius 2 is 1.72 bits per heavy atom. The van der Waals surface area contributed by atoms with Crippen LogP contribution in [0.3, 0.4) is 0 Å². The summed E-state index contributed by atoms with van der Waals surface area (Å²) in [5.41, 5.74) is 2.16. The highest BCUT2D eigenvalue weighted by molar-refractivity contribution is 9.10. The fourth-order valence-corrected chi connectivity index (χ4v) is 3.87. The number of amides is 2. The highest BCUT2D eigenvalue weighted by atomic mass is 79.9. The molecule has 0 aliphatic rings. The van der Waals surface area contributed by atoms with Crippen LogP contribution in [0.2, 0.25) is 0 Å². The molecule has 0 bridgehead atoms. The second kappa shape index (κ2) is 12.6. The number of ether oxygens (including phenoxy) is 1. The van der Waals surface area contributed by atoms with E-state index in [-0.39, 0.29) is 24.5 Å². The molecule has 6 heteroatoms. The van der Waals surface area contributed by atoms with Crippen LogP contribution in [0.4, 0.5) is 0 Å². The van der Waals surface area contributed by atoms with Crippen LogP contribution < -0.4 is 10.1 Å². The second-order valence-electron chi connectivity index (χ2n) is 8.38. The number of nitrogens with one attached hydrogen (secondary N) is 1. The van der Waals surface area contributed by atoms with Gasteiger partial charge in [0.15, 0.2) is 6.61 Å². The molecule has 5 nitrogen and oxygen atoms in total. The van der Waals surface area contributed by atoms with Crippen molar-refractivity contribution in [3.05, 3.63) is 64.1 Å². The standard InChI is InChI=1S/C26H35BrN2O3/c1-6-19(5)28-26(31)23(7-2)29(16-20-11-9-8-10-12-20)25(30)17-32-24-14-13-21(18(3)4)15-22(24)27/h8-15,18-19,23H,6-7,16-17H2,1-5H3,(H,28,31)/t19-,23-/m1/s1. The van der Waals surface area contributed by atoms with Gasteiger partial charge in [-0.2, -0.15) is 0 Å². The highest BCUT2D eigenvalue weighted by Crippen LogP contribution is 2.29. The SMILES string of the molecule is CC[C@@H](C)NC(=O)[C@@H](CC)N(Cc1ccccc1)C(=O)COc1ccc(C(C)C)cc1Br. The number of nitrogens with zero attached hydrogens (tertiary/aromatic N) is 1. The van der Waals surface area contributed by atoms with Crippen molar-refractivity contribution in [2.75, 3.05) is 6.61 Å². The summed E-state index contributed by atoms with van der Waals surface area (Å²) in [6.07, 6.45) is 1.35. The Labute approximate surface area is 200 Å². The molecule has 1 N–H and O–H groups in total. The summed E-state index contributed by atoms with van der Waals surface area (Å²) in [6.45, 7) is 10.4. The van der Waals surface area contributed by atoms with Gasteiger partial charge in [-0.3, -0.25) is 9.59 Å². The lowest BCUT2D eigenvalue weighted by molar-refractivity contribution is -0.143. The van der Waals surface area contributed by atoms with Crippen molar-refractivity contribution in [1.82, 2.24) is 10.2 Å². The minimum absolute atomic E-state index is 0.0527. The number of hydrogen-bond donors (Lipinski definition) is 1. The zero-order chi connectivity index (χ0) is 23.7. The highest BCUT2D eigenvalue weighted by Gasteiger charge is 2.29. The van der Waals surface area contributed by atoms with Crippen molar-refractivity contribution in [3.8, 4) is 5.75 Å². The minimum Gasteiger partial charge on any atom is -0.483 e. The number of carbonyl (C=O) groups excluding carboxylic acids is 2. The molecule has 2 aromatic carbocycles. The number of carbonyl (C=O) groups is 2. The summed E-state index contributed by atoms with van der Waals surface area (Å²) >= 11 is 3.54. The lowest BCUT2D eigenvalue weighted by atomic mass is 10.0. The Hall–Kier alpha value is -2.34. The topological polar surface area (TPSA) is 58.6 Å². The van der Waals surface area contributed by atoms with Gasteiger partial charge in [0.05, 0.1) is 4.47 Å². The molecule has 2 rings (SSSR count). The Balaban J connectivity index is 2.20. The minimum atomic E-state index is -0.563. The molecule has 2 atom stereocenters. The van der Waals surface area contributed by atoms with Crippen LogP contribution in [0.5, 0.6) is 5.75 Å². The van der Waals surface area contributed by atoms with E-state index in [1.165, 1.54) is 5.56 Å².